The third-order valence-electron chi connectivity index (χ3n) is 5.14. The minimum absolute atomic E-state index is 0.216. The molecular weight excluding hydrogens is 448 g/mol. The molecule has 172 valence electrons. The highest BCUT2D eigenvalue weighted by Crippen LogP contribution is 2.37. The molecular formula is C27H24N2O4S. The first-order valence-electron chi connectivity index (χ1n) is 11.0. The summed E-state index contributed by atoms with van der Waals surface area (Å²) in [7, 11) is 0. The van der Waals surface area contributed by atoms with Crippen molar-refractivity contribution in [2.75, 3.05) is 16.8 Å². The molecule has 0 saturated carbocycles. The van der Waals surface area contributed by atoms with Crippen LogP contribution in [0.5, 0.6) is 0 Å². The molecule has 6 nitrogen and oxygen atoms in total. The van der Waals surface area contributed by atoms with Crippen LogP contribution < -0.4 is 10.2 Å². The molecule has 0 aromatic heterocycles. The molecule has 0 aliphatic carbocycles. The number of unbranched alkanes of at least 4 members (excludes halogenated alkanes) is 1. The number of para-hydroxylation sites is 1. The van der Waals surface area contributed by atoms with E-state index in [0.717, 1.165) is 22.6 Å². The van der Waals surface area contributed by atoms with Gasteiger partial charge < -0.3 is 10.1 Å². The van der Waals surface area contributed by atoms with Gasteiger partial charge in [0.05, 0.1) is 17.9 Å². The number of esters is 1. The summed E-state index contributed by atoms with van der Waals surface area (Å²) in [6, 6.07) is 25.0. The molecule has 34 heavy (non-hydrogen) atoms. The number of nitrogens with one attached hydrogen (secondary N) is 1. The van der Waals surface area contributed by atoms with E-state index < -0.39 is 17.8 Å². The highest BCUT2D eigenvalue weighted by molar-refractivity contribution is 8.04. The Morgan fingerprint density at radius 1 is 0.882 bits per heavy atom. The number of hydrogen-bond donors (Lipinski definition) is 1. The Bertz CT molecular complexity index is 1140. The molecule has 1 aliphatic heterocycles. The van der Waals surface area contributed by atoms with Crippen LogP contribution >= 0.6 is 11.8 Å². The van der Waals surface area contributed by atoms with Gasteiger partial charge >= 0.3 is 5.97 Å². The highest BCUT2D eigenvalue weighted by Gasteiger charge is 2.40. The topological polar surface area (TPSA) is 75.7 Å². The number of carbonyl (C=O) groups excluding carboxylic acids is 3. The maximum absolute atomic E-state index is 13.4. The maximum Gasteiger partial charge on any atom is 0.338 e. The maximum atomic E-state index is 13.4. The molecule has 1 aliphatic rings. The Morgan fingerprint density at radius 2 is 1.53 bits per heavy atom. The van der Waals surface area contributed by atoms with Crippen LogP contribution in [0.15, 0.2) is 100 Å². The summed E-state index contributed by atoms with van der Waals surface area (Å²) in [4.78, 5) is 41.3. The Kier molecular flexibility index (Phi) is 7.44. The molecule has 0 atom stereocenters. The second-order valence-corrected chi connectivity index (χ2v) is 8.68. The molecule has 1 heterocycles. The van der Waals surface area contributed by atoms with Crippen LogP contribution in [-0.4, -0.2) is 24.4 Å². The molecule has 3 aromatic rings. The Balaban J connectivity index is 1.60. The second kappa shape index (κ2) is 10.9. The Hall–Kier alpha value is -3.84. The van der Waals surface area contributed by atoms with E-state index in [1.54, 1.807) is 24.3 Å². The lowest BCUT2D eigenvalue weighted by Gasteiger charge is -2.15. The number of carbonyl (C=O) groups is 3. The lowest BCUT2D eigenvalue weighted by molar-refractivity contribution is -0.120. The van der Waals surface area contributed by atoms with Crippen LogP contribution in [0.4, 0.5) is 11.4 Å². The van der Waals surface area contributed by atoms with Crippen molar-refractivity contribution in [3.05, 3.63) is 101 Å². The van der Waals surface area contributed by atoms with Gasteiger partial charge in [-0.3, -0.25) is 9.59 Å². The third kappa shape index (κ3) is 5.21. The first-order chi connectivity index (χ1) is 16.6. The zero-order valence-electron chi connectivity index (χ0n) is 18.7. The van der Waals surface area contributed by atoms with E-state index in [1.165, 1.54) is 11.8 Å². The van der Waals surface area contributed by atoms with Crippen molar-refractivity contribution >= 4 is 40.9 Å². The van der Waals surface area contributed by atoms with Crippen LogP contribution in [0.25, 0.3) is 0 Å². The molecule has 0 saturated heterocycles. The summed E-state index contributed by atoms with van der Waals surface area (Å²) in [5.41, 5.74) is 1.68. The fourth-order valence-electron chi connectivity index (χ4n) is 3.36. The van der Waals surface area contributed by atoms with Gasteiger partial charge in [0.2, 0.25) is 0 Å². The summed E-state index contributed by atoms with van der Waals surface area (Å²) in [6.07, 6.45) is 1.73. The van der Waals surface area contributed by atoms with Gasteiger partial charge in [-0.25, -0.2) is 9.69 Å². The number of hydrogen-bond acceptors (Lipinski definition) is 6. The molecule has 2 amide bonds. The quantitative estimate of drug-likeness (QED) is 0.247. The minimum atomic E-state index is -0.453. The molecule has 1 N–H and O–H groups in total. The van der Waals surface area contributed by atoms with Gasteiger partial charge in [0, 0.05) is 10.6 Å². The number of ether oxygens (including phenoxy) is 1. The second-order valence-electron chi connectivity index (χ2n) is 7.59. The molecule has 3 aromatic carbocycles. The van der Waals surface area contributed by atoms with Crippen LogP contribution in [0.3, 0.4) is 0 Å². The van der Waals surface area contributed by atoms with Crippen molar-refractivity contribution in [1.29, 1.82) is 0 Å². The van der Waals surface area contributed by atoms with E-state index in [4.69, 9.17) is 4.74 Å². The van der Waals surface area contributed by atoms with Crippen LogP contribution in [-0.2, 0) is 14.3 Å². The summed E-state index contributed by atoms with van der Waals surface area (Å²) in [5.74, 6) is -1.30. The summed E-state index contributed by atoms with van der Waals surface area (Å²) in [6.45, 7) is 2.38. The van der Waals surface area contributed by atoms with Crippen molar-refractivity contribution in [2.24, 2.45) is 0 Å². The molecule has 0 fully saturated rings. The van der Waals surface area contributed by atoms with Gasteiger partial charge in [-0.1, -0.05) is 61.5 Å². The molecule has 4 rings (SSSR count). The summed E-state index contributed by atoms with van der Waals surface area (Å²) < 4.78 is 5.23. The summed E-state index contributed by atoms with van der Waals surface area (Å²) in [5, 5.41) is 3.12. The van der Waals surface area contributed by atoms with Gasteiger partial charge in [0.1, 0.15) is 10.6 Å². The van der Waals surface area contributed by atoms with Crippen molar-refractivity contribution in [2.45, 2.75) is 24.7 Å². The molecule has 0 radical (unpaired) electrons. The normalized spacial score (nSPS) is 13.4. The third-order valence-corrected chi connectivity index (χ3v) is 6.23. The number of imide groups is 1. The Morgan fingerprint density at radius 3 is 2.18 bits per heavy atom. The van der Waals surface area contributed by atoms with E-state index in [0.29, 0.717) is 28.5 Å². The van der Waals surface area contributed by atoms with E-state index in [1.807, 2.05) is 67.6 Å². The largest absolute Gasteiger partial charge is 0.462 e. The lowest BCUT2D eigenvalue weighted by Crippen LogP contribution is -2.32. The van der Waals surface area contributed by atoms with Crippen molar-refractivity contribution < 1.29 is 19.1 Å². The van der Waals surface area contributed by atoms with Gasteiger partial charge in [0.15, 0.2) is 0 Å². The molecule has 7 heteroatoms. The average molecular weight is 473 g/mol. The number of rotatable bonds is 9. The van der Waals surface area contributed by atoms with Gasteiger partial charge in [-0.2, -0.15) is 0 Å². The zero-order chi connectivity index (χ0) is 23.9. The van der Waals surface area contributed by atoms with Gasteiger partial charge in [-0.15, -0.1) is 0 Å². The van der Waals surface area contributed by atoms with Crippen LogP contribution in [0, 0.1) is 0 Å². The standard InChI is InChI=1S/C27H24N2O4S/c1-2-3-18-33-27(32)19-14-16-21(17-15-19)29-25(30)23(28-20-10-6-4-7-11-20)24(26(29)31)34-22-12-8-5-9-13-22/h4-17,28H,2-3,18H2,1H3. The smallest absolute Gasteiger partial charge is 0.338 e. The summed E-state index contributed by atoms with van der Waals surface area (Å²) >= 11 is 1.24. The number of amides is 2. The predicted molar refractivity (Wildman–Crippen MR) is 134 cm³/mol. The van der Waals surface area contributed by atoms with Crippen molar-refractivity contribution in [3.63, 3.8) is 0 Å². The van der Waals surface area contributed by atoms with Gasteiger partial charge in [-0.05, 0) is 55.0 Å². The lowest BCUT2D eigenvalue weighted by atomic mass is 10.2. The average Bonchev–Trinajstić information content (AvgIpc) is 3.09. The Labute approximate surface area is 202 Å². The fourth-order valence-corrected chi connectivity index (χ4v) is 4.31. The van der Waals surface area contributed by atoms with E-state index in [2.05, 4.69) is 5.32 Å². The highest BCUT2D eigenvalue weighted by atomic mass is 32.2. The number of nitrogens with zero attached hydrogens (tertiary/aromatic N) is 1. The fraction of sp³-hybridized carbons (Fsp3) is 0.148. The minimum Gasteiger partial charge on any atom is -0.462 e. The van der Waals surface area contributed by atoms with Crippen LogP contribution in [0.1, 0.15) is 30.1 Å². The van der Waals surface area contributed by atoms with Crippen molar-refractivity contribution in [1.82, 2.24) is 0 Å². The monoisotopic (exact) mass is 472 g/mol. The van der Waals surface area contributed by atoms with E-state index in [9.17, 15) is 14.4 Å². The molecule has 0 bridgehead atoms. The SMILES string of the molecule is CCCCOC(=O)c1ccc(N2C(=O)C(Nc3ccccc3)=C(Sc3ccccc3)C2=O)cc1. The first kappa shape index (κ1) is 23.3. The first-order valence-corrected chi connectivity index (χ1v) is 11.9. The number of anilines is 2. The van der Waals surface area contributed by atoms with Crippen molar-refractivity contribution in [3.8, 4) is 0 Å². The predicted octanol–water partition coefficient (Wildman–Crippen LogP) is 5.63. The number of thioether (sulfide) groups is 1. The zero-order valence-corrected chi connectivity index (χ0v) is 19.5. The molecule has 0 spiro atoms. The van der Waals surface area contributed by atoms with E-state index in [-0.39, 0.29) is 5.70 Å². The number of benzene rings is 3. The molecule has 0 unspecified atom stereocenters. The van der Waals surface area contributed by atoms with Crippen LogP contribution in [0.2, 0.25) is 0 Å². The van der Waals surface area contributed by atoms with E-state index >= 15 is 0 Å². The van der Waals surface area contributed by atoms with Gasteiger partial charge in [0.25, 0.3) is 11.8 Å².